The minimum atomic E-state index is -0.0421. The van der Waals surface area contributed by atoms with E-state index < -0.39 is 0 Å². The lowest BCUT2D eigenvalue weighted by Gasteiger charge is -2.20. The van der Waals surface area contributed by atoms with Crippen LogP contribution in [0.2, 0.25) is 5.02 Å². The number of carbonyl (C=O) groups excluding carboxylic acids is 1. The standard InChI is InChI=1S/C23H24ClNOS/c1-14-7-5-6-8-17(14)21-18(13-23(2,3)4)19(22(25)27-21)20(26)15-9-11-16(24)12-10-15/h5-12H,13,25H2,1-4H3. The summed E-state index contributed by atoms with van der Waals surface area (Å²) in [6.07, 6.45) is 0.777. The molecule has 0 bridgehead atoms. The Morgan fingerprint density at radius 3 is 2.30 bits per heavy atom. The van der Waals surface area contributed by atoms with E-state index in [-0.39, 0.29) is 11.2 Å². The van der Waals surface area contributed by atoms with Gasteiger partial charge in [0.1, 0.15) is 0 Å². The van der Waals surface area contributed by atoms with E-state index in [1.807, 2.05) is 12.1 Å². The fourth-order valence-electron chi connectivity index (χ4n) is 3.22. The third kappa shape index (κ3) is 4.26. The smallest absolute Gasteiger partial charge is 0.196 e. The van der Waals surface area contributed by atoms with Crippen LogP contribution in [-0.4, -0.2) is 5.78 Å². The first-order valence-corrected chi connectivity index (χ1v) is 10.1. The summed E-state index contributed by atoms with van der Waals surface area (Å²) in [7, 11) is 0. The van der Waals surface area contributed by atoms with Crippen molar-refractivity contribution in [3.63, 3.8) is 0 Å². The number of hydrogen-bond donors (Lipinski definition) is 1. The van der Waals surface area contributed by atoms with Crippen LogP contribution in [0.4, 0.5) is 5.00 Å². The Balaban J connectivity index is 2.20. The van der Waals surface area contributed by atoms with Crippen LogP contribution in [0.1, 0.15) is 47.8 Å². The number of anilines is 1. The van der Waals surface area contributed by atoms with Gasteiger partial charge >= 0.3 is 0 Å². The summed E-state index contributed by atoms with van der Waals surface area (Å²) in [5.74, 6) is -0.0421. The molecule has 1 heterocycles. The second kappa shape index (κ2) is 7.49. The van der Waals surface area contributed by atoms with Gasteiger partial charge in [-0.2, -0.15) is 0 Å². The van der Waals surface area contributed by atoms with Crippen molar-refractivity contribution in [1.29, 1.82) is 0 Å². The summed E-state index contributed by atoms with van der Waals surface area (Å²) < 4.78 is 0. The van der Waals surface area contributed by atoms with Crippen molar-refractivity contribution in [2.75, 3.05) is 5.73 Å². The number of rotatable bonds is 4. The fourth-order valence-corrected chi connectivity index (χ4v) is 4.52. The summed E-state index contributed by atoms with van der Waals surface area (Å²) in [6, 6.07) is 15.2. The number of halogens is 1. The van der Waals surface area contributed by atoms with Crippen molar-refractivity contribution in [3.8, 4) is 10.4 Å². The van der Waals surface area contributed by atoms with Crippen LogP contribution < -0.4 is 5.73 Å². The molecule has 140 valence electrons. The number of thiophene rings is 1. The molecule has 0 atom stereocenters. The molecule has 2 aromatic carbocycles. The molecule has 0 spiro atoms. The molecule has 0 amide bonds. The average molecular weight is 398 g/mol. The lowest BCUT2D eigenvalue weighted by atomic mass is 9.84. The highest BCUT2D eigenvalue weighted by Crippen LogP contribution is 2.43. The van der Waals surface area contributed by atoms with E-state index in [9.17, 15) is 4.79 Å². The highest BCUT2D eigenvalue weighted by molar-refractivity contribution is 7.20. The molecular formula is C23H24ClNOS. The van der Waals surface area contributed by atoms with Gasteiger partial charge in [-0.3, -0.25) is 4.79 Å². The first kappa shape index (κ1) is 19.7. The van der Waals surface area contributed by atoms with E-state index in [1.165, 1.54) is 16.9 Å². The quantitative estimate of drug-likeness (QED) is 0.493. The number of aryl methyl sites for hydroxylation is 1. The molecule has 0 aliphatic heterocycles. The van der Waals surface area contributed by atoms with Crippen molar-refractivity contribution < 1.29 is 4.79 Å². The third-order valence-electron chi connectivity index (χ3n) is 4.46. The van der Waals surface area contributed by atoms with Gasteiger partial charge in [0.25, 0.3) is 0 Å². The number of benzene rings is 2. The maximum absolute atomic E-state index is 13.3. The minimum Gasteiger partial charge on any atom is -0.390 e. The normalized spacial score (nSPS) is 11.6. The zero-order valence-electron chi connectivity index (χ0n) is 16.1. The lowest BCUT2D eigenvalue weighted by Crippen LogP contribution is -2.14. The molecule has 3 rings (SSSR count). The molecule has 0 unspecified atom stereocenters. The maximum atomic E-state index is 13.3. The molecule has 27 heavy (non-hydrogen) atoms. The molecule has 4 heteroatoms. The van der Waals surface area contributed by atoms with E-state index in [0.29, 0.717) is 21.2 Å². The highest BCUT2D eigenvalue weighted by atomic mass is 35.5. The summed E-state index contributed by atoms with van der Waals surface area (Å²) in [5.41, 5.74) is 11.0. The molecule has 3 aromatic rings. The van der Waals surface area contributed by atoms with Crippen LogP contribution in [0, 0.1) is 12.3 Å². The maximum Gasteiger partial charge on any atom is 0.196 e. The van der Waals surface area contributed by atoms with Crippen molar-refractivity contribution in [3.05, 3.63) is 75.8 Å². The van der Waals surface area contributed by atoms with Gasteiger partial charge in [-0.15, -0.1) is 11.3 Å². The summed E-state index contributed by atoms with van der Waals surface area (Å²) >= 11 is 7.49. The van der Waals surface area contributed by atoms with Crippen LogP contribution >= 0.6 is 22.9 Å². The predicted molar refractivity (Wildman–Crippen MR) is 117 cm³/mol. The molecule has 0 saturated heterocycles. The fraction of sp³-hybridized carbons (Fsp3) is 0.261. The molecule has 0 radical (unpaired) electrons. The summed E-state index contributed by atoms with van der Waals surface area (Å²) in [6.45, 7) is 8.63. The molecule has 0 fully saturated rings. The monoisotopic (exact) mass is 397 g/mol. The lowest BCUT2D eigenvalue weighted by molar-refractivity contribution is 0.103. The second-order valence-electron chi connectivity index (χ2n) is 8.04. The van der Waals surface area contributed by atoms with Gasteiger partial charge in [0, 0.05) is 15.5 Å². The van der Waals surface area contributed by atoms with Crippen LogP contribution in [-0.2, 0) is 6.42 Å². The van der Waals surface area contributed by atoms with E-state index in [2.05, 4.69) is 39.8 Å². The van der Waals surface area contributed by atoms with Crippen molar-refractivity contribution in [2.45, 2.75) is 34.1 Å². The van der Waals surface area contributed by atoms with Gasteiger partial charge < -0.3 is 5.73 Å². The first-order valence-electron chi connectivity index (χ1n) is 8.95. The van der Waals surface area contributed by atoms with Crippen LogP contribution in [0.5, 0.6) is 0 Å². The number of nitrogen functional groups attached to an aromatic ring is 1. The molecule has 1 aromatic heterocycles. The summed E-state index contributed by atoms with van der Waals surface area (Å²) in [4.78, 5) is 14.4. The minimum absolute atomic E-state index is 0.0278. The molecule has 2 N–H and O–H groups in total. The number of nitrogens with two attached hydrogens (primary N) is 1. The molecule has 0 aliphatic rings. The number of ketones is 1. The molecule has 0 saturated carbocycles. The molecular weight excluding hydrogens is 374 g/mol. The molecule has 2 nitrogen and oxygen atoms in total. The predicted octanol–water partition coefficient (Wildman–Crippen LogP) is 6.78. The Morgan fingerprint density at radius 2 is 1.70 bits per heavy atom. The Bertz CT molecular complexity index is 981. The van der Waals surface area contributed by atoms with Gasteiger partial charge in [-0.1, -0.05) is 56.6 Å². The number of hydrogen-bond acceptors (Lipinski definition) is 3. The van der Waals surface area contributed by atoms with Crippen LogP contribution in [0.3, 0.4) is 0 Å². The largest absolute Gasteiger partial charge is 0.390 e. The Hall–Kier alpha value is -2.10. The topological polar surface area (TPSA) is 43.1 Å². The van der Waals surface area contributed by atoms with E-state index in [4.69, 9.17) is 17.3 Å². The van der Waals surface area contributed by atoms with Gasteiger partial charge in [0.05, 0.1) is 10.6 Å². The van der Waals surface area contributed by atoms with Crippen molar-refractivity contribution in [1.82, 2.24) is 0 Å². The van der Waals surface area contributed by atoms with Gasteiger partial charge in [-0.05, 0) is 59.7 Å². The van der Waals surface area contributed by atoms with E-state index in [0.717, 1.165) is 22.4 Å². The van der Waals surface area contributed by atoms with Gasteiger partial charge in [-0.25, -0.2) is 0 Å². The first-order chi connectivity index (χ1) is 12.7. The Labute approximate surface area is 170 Å². The van der Waals surface area contributed by atoms with E-state index >= 15 is 0 Å². The van der Waals surface area contributed by atoms with Gasteiger partial charge in [0.15, 0.2) is 5.78 Å². The van der Waals surface area contributed by atoms with Gasteiger partial charge in [0.2, 0.25) is 0 Å². The zero-order chi connectivity index (χ0) is 19.8. The number of carbonyl (C=O) groups is 1. The van der Waals surface area contributed by atoms with Crippen molar-refractivity contribution in [2.24, 2.45) is 5.41 Å². The second-order valence-corrected chi connectivity index (χ2v) is 9.53. The van der Waals surface area contributed by atoms with Crippen LogP contribution in [0.25, 0.3) is 10.4 Å². The zero-order valence-corrected chi connectivity index (χ0v) is 17.7. The van der Waals surface area contributed by atoms with Crippen molar-refractivity contribution >= 4 is 33.7 Å². The van der Waals surface area contributed by atoms with Crippen LogP contribution in [0.15, 0.2) is 48.5 Å². The SMILES string of the molecule is Cc1ccccc1-c1sc(N)c(C(=O)c2ccc(Cl)cc2)c1CC(C)(C)C. The molecule has 0 aliphatic carbocycles. The van der Waals surface area contributed by atoms with E-state index in [1.54, 1.807) is 24.3 Å². The summed E-state index contributed by atoms with van der Waals surface area (Å²) in [5, 5.41) is 1.19. The Kier molecular flexibility index (Phi) is 5.45. The highest BCUT2D eigenvalue weighted by Gasteiger charge is 2.27. The third-order valence-corrected chi connectivity index (χ3v) is 5.81. The Morgan fingerprint density at radius 1 is 1.07 bits per heavy atom. The average Bonchev–Trinajstić information content (AvgIpc) is 2.89.